The molecule has 2 unspecified atom stereocenters. The molecule has 2 aliphatic rings. The van der Waals surface area contributed by atoms with Gasteiger partial charge in [0, 0.05) is 11.8 Å². The van der Waals surface area contributed by atoms with E-state index in [0.29, 0.717) is 12.8 Å². The molecule has 1 aliphatic heterocycles. The van der Waals surface area contributed by atoms with E-state index in [4.69, 9.17) is 22.8 Å². The van der Waals surface area contributed by atoms with Crippen molar-refractivity contribution in [3.63, 3.8) is 0 Å². The Morgan fingerprint density at radius 3 is 2.08 bits per heavy atom. The maximum Gasteiger partial charge on any atom is 0.330 e. The molecule has 2 aromatic carbocycles. The van der Waals surface area contributed by atoms with Crippen molar-refractivity contribution in [2.45, 2.75) is 102 Å². The molecule has 1 fully saturated rings. The number of benzene rings is 2. The van der Waals surface area contributed by atoms with Crippen LogP contribution in [0.25, 0.3) is 0 Å². The third-order valence-corrected chi connectivity index (χ3v) is 15.0. The van der Waals surface area contributed by atoms with Crippen molar-refractivity contribution in [3.8, 4) is 0 Å². The number of aromatic amines is 1. The Kier molecular flexibility index (Phi) is 10.8. The van der Waals surface area contributed by atoms with Crippen LogP contribution in [0.1, 0.15) is 56.5 Å². The predicted octanol–water partition coefficient (Wildman–Crippen LogP) is 5.37. The fourth-order valence-corrected chi connectivity index (χ4v) is 8.56. The van der Waals surface area contributed by atoms with Gasteiger partial charge in [-0.05, 0) is 49.0 Å². The molecular formula is C36H48N2O9SSi. The molecule has 0 bridgehead atoms. The van der Waals surface area contributed by atoms with Crippen molar-refractivity contribution in [2.24, 2.45) is 0 Å². The first-order chi connectivity index (χ1) is 23.0. The van der Waals surface area contributed by atoms with Crippen LogP contribution in [0.4, 0.5) is 0 Å². The highest BCUT2D eigenvalue weighted by Crippen LogP contribution is 2.55. The molecule has 1 saturated heterocycles. The first-order valence-electron chi connectivity index (χ1n) is 16.5. The summed E-state index contributed by atoms with van der Waals surface area (Å²) in [6, 6.07) is 19.1. The lowest BCUT2D eigenvalue weighted by atomic mass is 9.76. The normalized spacial score (nSPS) is 24.0. The van der Waals surface area contributed by atoms with Crippen molar-refractivity contribution < 1.29 is 31.2 Å². The molecule has 1 aliphatic carbocycles. The Hall–Kier alpha value is -3.17. The Balaban J connectivity index is 1.74. The molecule has 2 heterocycles. The predicted molar refractivity (Wildman–Crippen MR) is 189 cm³/mol. The van der Waals surface area contributed by atoms with Crippen LogP contribution in [0.3, 0.4) is 0 Å². The van der Waals surface area contributed by atoms with Gasteiger partial charge in [0.1, 0.15) is 6.10 Å². The summed E-state index contributed by atoms with van der Waals surface area (Å²) in [7, 11) is -6.73. The molecule has 11 nitrogen and oxygen atoms in total. The van der Waals surface area contributed by atoms with Crippen LogP contribution in [0.2, 0.25) is 18.1 Å². The van der Waals surface area contributed by atoms with E-state index in [1.54, 1.807) is 6.92 Å². The van der Waals surface area contributed by atoms with Gasteiger partial charge in [-0.25, -0.2) is 4.79 Å². The van der Waals surface area contributed by atoms with E-state index in [2.05, 4.69) is 38.8 Å². The summed E-state index contributed by atoms with van der Waals surface area (Å²) >= 11 is 0. The van der Waals surface area contributed by atoms with Crippen LogP contribution in [0.5, 0.6) is 0 Å². The average molecular weight is 713 g/mol. The smallest absolute Gasteiger partial charge is 0.330 e. The minimum Gasteiger partial charge on any atom is -0.408 e. The molecule has 3 aromatic rings. The summed E-state index contributed by atoms with van der Waals surface area (Å²) in [5.41, 5.74) is -1.97. The molecule has 4 atom stereocenters. The molecule has 0 saturated carbocycles. The van der Waals surface area contributed by atoms with Gasteiger partial charge in [-0.15, -0.1) is 0 Å². The first kappa shape index (κ1) is 37.1. The van der Waals surface area contributed by atoms with E-state index in [1.807, 2.05) is 72.8 Å². The number of aromatic nitrogens is 2. The second-order valence-electron chi connectivity index (χ2n) is 14.6. The standard InChI is InChI=1S/C36H48N2O9SSi/c1-26-22-38(33(40)37-31(26)39)32-29(46-48(5,41)42)30(44-24-28-18-12-9-13-19-28)36(45-32,25-43-23-27-16-10-8-11-17-27)35(20-14-15-21-35)47-49(6,7)34(2,3)4/h8-19,22,29-30,32H,20-21,23-25H2,1-7H3,(H,37,39,40)/t29?,30?,32-,36-/m1/s1. The molecule has 1 N–H and O–H groups in total. The second kappa shape index (κ2) is 14.2. The molecule has 0 radical (unpaired) electrons. The summed E-state index contributed by atoms with van der Waals surface area (Å²) in [5, 5.41) is -0.206. The van der Waals surface area contributed by atoms with E-state index in [0.717, 1.165) is 17.4 Å². The highest BCUT2D eigenvalue weighted by molar-refractivity contribution is 7.86. The average Bonchev–Trinajstić information content (AvgIpc) is 3.61. The fraction of sp³-hybridized carbons (Fsp3) is 0.500. The zero-order chi connectivity index (χ0) is 35.7. The minimum atomic E-state index is -4.15. The number of nitrogens with zero attached hydrogens (tertiary/aromatic N) is 1. The van der Waals surface area contributed by atoms with E-state index in [9.17, 15) is 18.0 Å². The number of rotatable bonds is 13. The number of ether oxygens (including phenoxy) is 3. The van der Waals surface area contributed by atoms with Gasteiger partial charge in [-0.2, -0.15) is 8.42 Å². The second-order valence-corrected chi connectivity index (χ2v) is 20.9. The maximum atomic E-state index is 13.5. The number of aryl methyl sites for hydroxylation is 1. The van der Waals surface area contributed by atoms with Gasteiger partial charge in [0.05, 0.1) is 31.7 Å². The quantitative estimate of drug-likeness (QED) is 0.141. The van der Waals surface area contributed by atoms with Gasteiger partial charge >= 0.3 is 5.69 Å². The van der Waals surface area contributed by atoms with Gasteiger partial charge in [-0.1, -0.05) is 93.6 Å². The van der Waals surface area contributed by atoms with Gasteiger partial charge in [0.2, 0.25) is 0 Å². The number of hydrogen-bond acceptors (Lipinski definition) is 9. The number of hydrogen-bond donors (Lipinski definition) is 1. The van der Waals surface area contributed by atoms with Crippen molar-refractivity contribution in [3.05, 3.63) is 117 Å². The van der Waals surface area contributed by atoms with Gasteiger partial charge in [0.15, 0.2) is 26.3 Å². The Morgan fingerprint density at radius 2 is 1.53 bits per heavy atom. The molecule has 266 valence electrons. The largest absolute Gasteiger partial charge is 0.408 e. The molecule has 0 amide bonds. The molecule has 1 aromatic heterocycles. The topological polar surface area (TPSA) is 135 Å². The van der Waals surface area contributed by atoms with E-state index in [1.165, 1.54) is 10.8 Å². The van der Waals surface area contributed by atoms with Crippen molar-refractivity contribution >= 4 is 18.4 Å². The summed E-state index contributed by atoms with van der Waals surface area (Å²) in [6.07, 6.45) is 3.33. The van der Waals surface area contributed by atoms with Crippen molar-refractivity contribution in [2.75, 3.05) is 12.9 Å². The SMILES string of the molecule is Cc1cn([C@@H]2O[C@@](COCc3ccccc3)(C3(O[Si](C)(C)C(C)(C)C)CC=CC3)C(OCc3ccccc3)C2OS(C)(=O)=O)c(=O)[nH]c1=O. The Bertz CT molecular complexity index is 1840. The van der Waals surface area contributed by atoms with E-state index >= 15 is 0 Å². The lowest BCUT2D eigenvalue weighted by molar-refractivity contribution is -0.237. The highest BCUT2D eigenvalue weighted by atomic mass is 32.2. The lowest BCUT2D eigenvalue weighted by Gasteiger charge is -2.53. The van der Waals surface area contributed by atoms with E-state index in [-0.39, 0.29) is 30.4 Å². The van der Waals surface area contributed by atoms with Gasteiger partial charge in [-0.3, -0.25) is 18.5 Å². The number of nitrogens with one attached hydrogen (secondary N) is 1. The molecule has 49 heavy (non-hydrogen) atoms. The van der Waals surface area contributed by atoms with Gasteiger partial charge < -0.3 is 18.6 Å². The van der Waals surface area contributed by atoms with Crippen LogP contribution >= 0.6 is 0 Å². The molecule has 0 spiro atoms. The third-order valence-electron chi connectivity index (χ3n) is 9.87. The Labute approximate surface area is 289 Å². The van der Waals surface area contributed by atoms with Crippen LogP contribution in [0, 0.1) is 6.92 Å². The minimum absolute atomic E-state index is 0.0782. The summed E-state index contributed by atoms with van der Waals surface area (Å²) in [6.45, 7) is 12.5. The molecule has 13 heteroatoms. The highest BCUT2D eigenvalue weighted by Gasteiger charge is 2.70. The Morgan fingerprint density at radius 1 is 0.959 bits per heavy atom. The van der Waals surface area contributed by atoms with Gasteiger partial charge in [0.25, 0.3) is 15.7 Å². The fourth-order valence-electron chi connectivity index (χ4n) is 6.34. The monoisotopic (exact) mass is 712 g/mol. The van der Waals surface area contributed by atoms with Crippen molar-refractivity contribution in [1.29, 1.82) is 0 Å². The lowest BCUT2D eigenvalue weighted by Crippen LogP contribution is -2.68. The zero-order valence-electron chi connectivity index (χ0n) is 29.3. The summed E-state index contributed by atoms with van der Waals surface area (Å²) < 4.78 is 60.9. The summed E-state index contributed by atoms with van der Waals surface area (Å²) in [4.78, 5) is 28.2. The first-order valence-corrected chi connectivity index (χ1v) is 21.2. The van der Waals surface area contributed by atoms with Crippen LogP contribution in [-0.2, 0) is 46.2 Å². The summed E-state index contributed by atoms with van der Waals surface area (Å²) in [5.74, 6) is 0. The van der Waals surface area contributed by atoms with Crippen LogP contribution < -0.4 is 11.2 Å². The third kappa shape index (κ3) is 7.93. The van der Waals surface area contributed by atoms with Crippen molar-refractivity contribution in [1.82, 2.24) is 9.55 Å². The zero-order valence-corrected chi connectivity index (χ0v) is 31.1. The van der Waals surface area contributed by atoms with Crippen LogP contribution in [0.15, 0.2) is 88.6 Å². The maximum absolute atomic E-state index is 13.5. The van der Waals surface area contributed by atoms with E-state index < -0.39 is 59.3 Å². The molecular weight excluding hydrogens is 665 g/mol. The molecule has 5 rings (SSSR count). The number of H-pyrrole nitrogens is 1. The van der Waals surface area contributed by atoms with Crippen LogP contribution in [-0.4, -0.2) is 62.6 Å².